The van der Waals surface area contributed by atoms with Crippen molar-refractivity contribution in [3.05, 3.63) is 24.3 Å². The Morgan fingerprint density at radius 3 is 2.61 bits per heavy atom. The van der Waals surface area contributed by atoms with E-state index < -0.39 is 0 Å². The summed E-state index contributed by atoms with van der Waals surface area (Å²) in [5, 5.41) is 4.06. The van der Waals surface area contributed by atoms with E-state index in [1.165, 1.54) is 5.69 Å². The Bertz CT molecular complexity index is 515. The fourth-order valence-corrected chi connectivity index (χ4v) is 2.95. The Balaban J connectivity index is 1.92. The van der Waals surface area contributed by atoms with Crippen molar-refractivity contribution >= 4 is 23.4 Å². The van der Waals surface area contributed by atoms with Crippen molar-refractivity contribution in [2.75, 3.05) is 58.0 Å². The second kappa shape index (κ2) is 8.91. The third-order valence-corrected chi connectivity index (χ3v) is 5.14. The number of anilines is 1. The smallest absolute Gasteiger partial charge is 0.193 e. The number of nitrogens with one attached hydrogen (secondary N) is 1. The van der Waals surface area contributed by atoms with Crippen LogP contribution < -0.4 is 15.0 Å². The van der Waals surface area contributed by atoms with Crippen LogP contribution in [0.3, 0.4) is 0 Å². The molecule has 1 heterocycles. The highest BCUT2D eigenvalue weighted by molar-refractivity contribution is 7.99. The lowest BCUT2D eigenvalue weighted by molar-refractivity contribution is 0.367. The SMILES string of the molecule is CN=C(NCC(C)SC)N1CCN(c2ccccc2OC)CC1. The predicted octanol–water partition coefficient (Wildman–Crippen LogP) is 2.14. The topological polar surface area (TPSA) is 40.1 Å². The highest BCUT2D eigenvalue weighted by atomic mass is 32.2. The summed E-state index contributed by atoms with van der Waals surface area (Å²) in [6.45, 7) is 7.04. The third-order valence-electron chi connectivity index (χ3n) is 4.17. The van der Waals surface area contributed by atoms with E-state index in [9.17, 15) is 0 Å². The van der Waals surface area contributed by atoms with Gasteiger partial charge in [0.2, 0.25) is 0 Å². The molecule has 1 N–H and O–H groups in total. The molecule has 0 amide bonds. The van der Waals surface area contributed by atoms with Crippen LogP contribution in [0, 0.1) is 0 Å². The van der Waals surface area contributed by atoms with Gasteiger partial charge in [-0.15, -0.1) is 0 Å². The lowest BCUT2D eigenvalue weighted by atomic mass is 10.2. The van der Waals surface area contributed by atoms with E-state index in [2.05, 4.69) is 45.4 Å². The zero-order chi connectivity index (χ0) is 16.7. The fraction of sp³-hybridized carbons (Fsp3) is 0.588. The quantitative estimate of drug-likeness (QED) is 0.659. The van der Waals surface area contributed by atoms with Gasteiger partial charge in [-0.05, 0) is 18.4 Å². The van der Waals surface area contributed by atoms with Crippen LogP contribution in [0.25, 0.3) is 0 Å². The van der Waals surface area contributed by atoms with Gasteiger partial charge < -0.3 is 19.9 Å². The molecule has 2 rings (SSSR count). The average molecular weight is 337 g/mol. The molecule has 0 radical (unpaired) electrons. The first-order chi connectivity index (χ1) is 11.2. The standard InChI is InChI=1S/C17H28N4OS/c1-14(23-4)13-19-17(18-2)21-11-9-20(10-12-21)15-7-5-6-8-16(15)22-3/h5-8,14H,9-13H2,1-4H3,(H,18,19). The number of thioether (sulfide) groups is 1. The van der Waals surface area contributed by atoms with Gasteiger partial charge in [-0.3, -0.25) is 4.99 Å². The molecule has 0 aliphatic carbocycles. The summed E-state index contributed by atoms with van der Waals surface area (Å²) < 4.78 is 5.48. The van der Waals surface area contributed by atoms with E-state index in [-0.39, 0.29) is 0 Å². The number of methoxy groups -OCH3 is 1. The van der Waals surface area contributed by atoms with Crippen LogP contribution >= 0.6 is 11.8 Å². The highest BCUT2D eigenvalue weighted by Gasteiger charge is 2.21. The molecule has 1 unspecified atom stereocenters. The van der Waals surface area contributed by atoms with Crippen LogP contribution in [0.4, 0.5) is 5.69 Å². The number of ether oxygens (including phenoxy) is 1. The van der Waals surface area contributed by atoms with E-state index >= 15 is 0 Å². The zero-order valence-corrected chi connectivity index (χ0v) is 15.4. The lowest BCUT2D eigenvalue weighted by Crippen LogP contribution is -2.53. The molecule has 1 aromatic rings. The van der Waals surface area contributed by atoms with E-state index in [1.807, 2.05) is 30.9 Å². The number of para-hydroxylation sites is 2. The minimum Gasteiger partial charge on any atom is -0.495 e. The number of guanidine groups is 1. The van der Waals surface area contributed by atoms with Crippen LogP contribution in [0.15, 0.2) is 29.3 Å². The maximum atomic E-state index is 5.48. The first-order valence-electron chi connectivity index (χ1n) is 8.06. The summed E-state index contributed by atoms with van der Waals surface area (Å²) in [7, 11) is 3.59. The van der Waals surface area contributed by atoms with Gasteiger partial charge in [0, 0.05) is 45.0 Å². The van der Waals surface area contributed by atoms with E-state index in [0.29, 0.717) is 5.25 Å². The molecule has 1 aliphatic heterocycles. The minimum absolute atomic E-state index is 0.585. The number of hydrogen-bond donors (Lipinski definition) is 1. The summed E-state index contributed by atoms with van der Waals surface area (Å²) in [5.41, 5.74) is 1.17. The van der Waals surface area contributed by atoms with Crippen LogP contribution in [0.1, 0.15) is 6.92 Å². The Morgan fingerprint density at radius 2 is 2.00 bits per heavy atom. The molecule has 1 aliphatic rings. The molecular formula is C17H28N4OS. The number of nitrogens with zero attached hydrogens (tertiary/aromatic N) is 3. The highest BCUT2D eigenvalue weighted by Crippen LogP contribution is 2.28. The number of piperazine rings is 1. The van der Waals surface area contributed by atoms with Gasteiger partial charge in [-0.2, -0.15) is 11.8 Å². The minimum atomic E-state index is 0.585. The van der Waals surface area contributed by atoms with Crippen molar-refractivity contribution in [3.63, 3.8) is 0 Å². The molecule has 1 aromatic carbocycles. The molecule has 1 fully saturated rings. The van der Waals surface area contributed by atoms with Crippen molar-refractivity contribution in [1.82, 2.24) is 10.2 Å². The van der Waals surface area contributed by atoms with Crippen molar-refractivity contribution in [1.29, 1.82) is 0 Å². The van der Waals surface area contributed by atoms with Crippen LogP contribution in [0.5, 0.6) is 5.75 Å². The predicted molar refractivity (Wildman–Crippen MR) is 101 cm³/mol. The van der Waals surface area contributed by atoms with Crippen molar-refractivity contribution in [3.8, 4) is 5.75 Å². The number of aliphatic imine (C=N–C) groups is 1. The van der Waals surface area contributed by atoms with Gasteiger partial charge in [-0.1, -0.05) is 19.1 Å². The fourth-order valence-electron chi connectivity index (χ4n) is 2.70. The summed E-state index contributed by atoms with van der Waals surface area (Å²) in [6.07, 6.45) is 2.14. The number of rotatable bonds is 5. The summed E-state index contributed by atoms with van der Waals surface area (Å²) in [6, 6.07) is 8.22. The van der Waals surface area contributed by atoms with Gasteiger partial charge in [0.15, 0.2) is 5.96 Å². The first-order valence-corrected chi connectivity index (χ1v) is 9.34. The second-order valence-electron chi connectivity index (χ2n) is 5.62. The van der Waals surface area contributed by atoms with E-state index in [1.54, 1.807) is 7.11 Å². The largest absolute Gasteiger partial charge is 0.495 e. The van der Waals surface area contributed by atoms with Crippen LogP contribution in [0.2, 0.25) is 0 Å². The second-order valence-corrected chi connectivity index (χ2v) is 6.90. The van der Waals surface area contributed by atoms with Crippen molar-refractivity contribution in [2.45, 2.75) is 12.2 Å². The van der Waals surface area contributed by atoms with E-state index in [0.717, 1.165) is 44.4 Å². The molecule has 1 saturated heterocycles. The summed E-state index contributed by atoms with van der Waals surface area (Å²) in [5.74, 6) is 1.95. The van der Waals surface area contributed by atoms with Crippen LogP contribution in [-0.4, -0.2) is 69.2 Å². The average Bonchev–Trinajstić information content (AvgIpc) is 2.62. The van der Waals surface area contributed by atoms with Crippen molar-refractivity contribution < 1.29 is 4.74 Å². The first kappa shape index (κ1) is 17.8. The molecule has 0 aromatic heterocycles. The summed E-state index contributed by atoms with van der Waals surface area (Å²) >= 11 is 1.87. The van der Waals surface area contributed by atoms with E-state index in [4.69, 9.17) is 4.74 Å². The molecule has 23 heavy (non-hydrogen) atoms. The molecule has 0 bridgehead atoms. The lowest BCUT2D eigenvalue weighted by Gasteiger charge is -2.38. The van der Waals surface area contributed by atoms with Gasteiger partial charge in [0.25, 0.3) is 0 Å². The Labute approximate surface area is 144 Å². The zero-order valence-electron chi connectivity index (χ0n) is 14.6. The molecule has 6 heteroatoms. The Hall–Kier alpha value is -1.56. The molecule has 5 nitrogen and oxygen atoms in total. The Kier molecular flexibility index (Phi) is 6.89. The maximum absolute atomic E-state index is 5.48. The molecule has 0 spiro atoms. The third kappa shape index (κ3) is 4.70. The monoisotopic (exact) mass is 336 g/mol. The van der Waals surface area contributed by atoms with Gasteiger partial charge in [0.05, 0.1) is 12.8 Å². The van der Waals surface area contributed by atoms with Crippen LogP contribution in [-0.2, 0) is 0 Å². The normalized spacial score (nSPS) is 17.1. The van der Waals surface area contributed by atoms with Gasteiger partial charge in [-0.25, -0.2) is 0 Å². The summed E-state index contributed by atoms with van der Waals surface area (Å²) in [4.78, 5) is 9.14. The Morgan fingerprint density at radius 1 is 1.30 bits per heavy atom. The molecular weight excluding hydrogens is 308 g/mol. The molecule has 128 valence electrons. The van der Waals surface area contributed by atoms with Gasteiger partial charge >= 0.3 is 0 Å². The molecule has 0 saturated carbocycles. The number of benzene rings is 1. The maximum Gasteiger partial charge on any atom is 0.193 e. The molecule has 1 atom stereocenters. The van der Waals surface area contributed by atoms with Gasteiger partial charge in [0.1, 0.15) is 5.75 Å². The number of hydrogen-bond acceptors (Lipinski definition) is 4. The van der Waals surface area contributed by atoms with Crippen molar-refractivity contribution in [2.24, 2.45) is 4.99 Å².